The first-order chi connectivity index (χ1) is 9.72. The molecule has 0 aliphatic rings. The Morgan fingerprint density at radius 3 is 2.75 bits per heavy atom. The summed E-state index contributed by atoms with van der Waals surface area (Å²) in [7, 11) is 0. The molecular formula is C13H11N4O3+. The molecule has 7 heteroatoms. The van der Waals surface area contributed by atoms with Gasteiger partial charge in [-0.2, -0.15) is 0 Å². The van der Waals surface area contributed by atoms with Crippen molar-refractivity contribution in [3.63, 3.8) is 0 Å². The maximum absolute atomic E-state index is 10.5. The smallest absolute Gasteiger partial charge is 0.309 e. The largest absolute Gasteiger partial charge is 0.481 e. The molecule has 3 rings (SSSR count). The van der Waals surface area contributed by atoms with Crippen LogP contribution in [0, 0.1) is 0 Å². The van der Waals surface area contributed by atoms with Gasteiger partial charge >= 0.3 is 5.97 Å². The van der Waals surface area contributed by atoms with Crippen LogP contribution in [-0.2, 0) is 11.3 Å². The van der Waals surface area contributed by atoms with Gasteiger partial charge in [0.2, 0.25) is 5.65 Å². The van der Waals surface area contributed by atoms with Crippen molar-refractivity contribution in [2.45, 2.75) is 13.0 Å². The number of aliphatic carboxylic acids is 1. The van der Waals surface area contributed by atoms with Crippen molar-refractivity contribution in [3.8, 4) is 11.3 Å². The summed E-state index contributed by atoms with van der Waals surface area (Å²) in [4.78, 5) is 14.9. The number of hydrogen-bond donors (Lipinski definition) is 1. The van der Waals surface area contributed by atoms with Gasteiger partial charge in [-0.15, -0.1) is 0 Å². The number of pyridine rings is 2. The number of nitrogens with zero attached hydrogens (tertiary/aromatic N) is 4. The lowest BCUT2D eigenvalue weighted by molar-refractivity contribution is -0.695. The van der Waals surface area contributed by atoms with Crippen LogP contribution in [0.1, 0.15) is 6.42 Å². The van der Waals surface area contributed by atoms with Crippen LogP contribution < -0.4 is 4.57 Å². The molecule has 0 bridgehead atoms. The molecule has 0 aliphatic heterocycles. The Bertz CT molecular complexity index is 752. The molecule has 0 aliphatic carbocycles. The first kappa shape index (κ1) is 12.2. The van der Waals surface area contributed by atoms with Crippen LogP contribution in [0.3, 0.4) is 0 Å². The lowest BCUT2D eigenvalue weighted by Gasteiger charge is -1.99. The Labute approximate surface area is 113 Å². The number of carboxylic acids is 1. The molecule has 0 saturated heterocycles. The third kappa shape index (κ3) is 2.46. The van der Waals surface area contributed by atoms with Gasteiger partial charge in [0.05, 0.1) is 5.69 Å². The summed E-state index contributed by atoms with van der Waals surface area (Å²) in [5, 5.41) is 16.0. The molecular weight excluding hydrogens is 260 g/mol. The third-order valence-electron chi connectivity index (χ3n) is 2.89. The van der Waals surface area contributed by atoms with Gasteiger partial charge in [0, 0.05) is 17.7 Å². The minimum atomic E-state index is -0.813. The zero-order valence-corrected chi connectivity index (χ0v) is 10.4. The van der Waals surface area contributed by atoms with E-state index in [1.807, 2.05) is 35.2 Å². The highest BCUT2D eigenvalue weighted by Gasteiger charge is 2.08. The molecule has 0 spiro atoms. The molecule has 0 radical (unpaired) electrons. The van der Waals surface area contributed by atoms with Gasteiger partial charge in [-0.05, 0) is 22.4 Å². The van der Waals surface area contributed by atoms with Crippen molar-refractivity contribution in [3.05, 3.63) is 36.7 Å². The maximum atomic E-state index is 10.5. The van der Waals surface area contributed by atoms with Crippen LogP contribution in [-0.4, -0.2) is 26.4 Å². The van der Waals surface area contributed by atoms with E-state index >= 15 is 0 Å². The highest BCUT2D eigenvalue weighted by Crippen LogP contribution is 2.17. The molecule has 3 heterocycles. The van der Waals surface area contributed by atoms with E-state index < -0.39 is 5.97 Å². The molecule has 0 fully saturated rings. The van der Waals surface area contributed by atoms with Gasteiger partial charge in [0.15, 0.2) is 24.5 Å². The second kappa shape index (κ2) is 5.04. The van der Waals surface area contributed by atoms with Gasteiger partial charge < -0.3 is 5.11 Å². The monoisotopic (exact) mass is 271 g/mol. The lowest BCUT2D eigenvalue weighted by atomic mass is 10.2. The predicted molar refractivity (Wildman–Crippen MR) is 67.5 cm³/mol. The fourth-order valence-electron chi connectivity index (χ4n) is 1.85. The Morgan fingerprint density at radius 1 is 1.20 bits per heavy atom. The summed E-state index contributed by atoms with van der Waals surface area (Å²) < 4.78 is 6.42. The maximum Gasteiger partial charge on any atom is 0.309 e. The highest BCUT2D eigenvalue weighted by molar-refractivity contribution is 5.73. The number of rotatable bonds is 4. The van der Waals surface area contributed by atoms with E-state index in [4.69, 9.17) is 5.11 Å². The number of aromatic nitrogens is 4. The zero-order chi connectivity index (χ0) is 13.9. The Kier molecular flexibility index (Phi) is 3.08. The molecule has 0 aromatic carbocycles. The fraction of sp³-hybridized carbons (Fsp3) is 0.154. The standard InChI is InChI=1S/C13H10N4O3/c18-12(19)5-8-17-6-3-9(4-7-17)10-1-2-11-13(14-10)16-20-15-11/h1-4,6-7H,5,8H2/p+1. The molecule has 0 amide bonds. The van der Waals surface area contributed by atoms with Crippen LogP contribution in [0.5, 0.6) is 0 Å². The Hall–Kier alpha value is -2.83. The summed E-state index contributed by atoms with van der Waals surface area (Å²) in [6, 6.07) is 7.39. The highest BCUT2D eigenvalue weighted by atomic mass is 16.6. The molecule has 3 aromatic heterocycles. The summed E-state index contributed by atoms with van der Waals surface area (Å²) in [5.41, 5.74) is 2.76. The fourth-order valence-corrected chi connectivity index (χ4v) is 1.85. The predicted octanol–water partition coefficient (Wildman–Crippen LogP) is 1.05. The van der Waals surface area contributed by atoms with Crippen LogP contribution in [0.2, 0.25) is 0 Å². The van der Waals surface area contributed by atoms with Gasteiger partial charge in [-0.1, -0.05) is 0 Å². The molecule has 0 unspecified atom stereocenters. The normalized spacial score (nSPS) is 10.8. The lowest BCUT2D eigenvalue weighted by Crippen LogP contribution is -2.33. The van der Waals surface area contributed by atoms with Crippen molar-refractivity contribution in [1.29, 1.82) is 0 Å². The Balaban J connectivity index is 1.84. The molecule has 7 nitrogen and oxygen atoms in total. The number of hydrogen-bond acceptors (Lipinski definition) is 5. The molecule has 20 heavy (non-hydrogen) atoms. The minimum absolute atomic E-state index is 0.0961. The van der Waals surface area contributed by atoms with E-state index in [1.54, 1.807) is 6.07 Å². The van der Waals surface area contributed by atoms with E-state index in [9.17, 15) is 4.79 Å². The van der Waals surface area contributed by atoms with Crippen LogP contribution in [0.25, 0.3) is 22.4 Å². The van der Waals surface area contributed by atoms with Crippen LogP contribution >= 0.6 is 0 Å². The van der Waals surface area contributed by atoms with Gasteiger partial charge in [0.25, 0.3) is 0 Å². The van der Waals surface area contributed by atoms with E-state index in [2.05, 4.69) is 19.9 Å². The van der Waals surface area contributed by atoms with Crippen LogP contribution in [0.4, 0.5) is 0 Å². The summed E-state index contributed by atoms with van der Waals surface area (Å²) in [5.74, 6) is -0.813. The summed E-state index contributed by atoms with van der Waals surface area (Å²) in [6.07, 6.45) is 3.75. The zero-order valence-electron chi connectivity index (χ0n) is 10.4. The second-order valence-electron chi connectivity index (χ2n) is 4.27. The number of carboxylic acid groups (broad SMARTS) is 1. The summed E-state index contributed by atoms with van der Waals surface area (Å²) >= 11 is 0. The molecule has 100 valence electrons. The van der Waals surface area contributed by atoms with Crippen molar-refractivity contribution in [1.82, 2.24) is 15.3 Å². The minimum Gasteiger partial charge on any atom is -0.481 e. The Morgan fingerprint density at radius 2 is 2.00 bits per heavy atom. The van der Waals surface area contributed by atoms with Gasteiger partial charge in [-0.3, -0.25) is 4.79 Å². The second-order valence-corrected chi connectivity index (χ2v) is 4.27. The van der Waals surface area contributed by atoms with Crippen molar-refractivity contribution >= 4 is 17.1 Å². The molecule has 3 aromatic rings. The SMILES string of the molecule is O=C(O)CC[n+]1ccc(-c2ccc3nonc3n2)cc1. The first-order valence-electron chi connectivity index (χ1n) is 6.03. The number of fused-ring (bicyclic) bond motifs is 1. The van der Waals surface area contributed by atoms with Crippen molar-refractivity contribution in [2.24, 2.45) is 0 Å². The van der Waals surface area contributed by atoms with E-state index in [0.29, 0.717) is 17.7 Å². The van der Waals surface area contributed by atoms with E-state index in [1.165, 1.54) is 0 Å². The average molecular weight is 271 g/mol. The van der Waals surface area contributed by atoms with Crippen LogP contribution in [0.15, 0.2) is 41.3 Å². The number of carbonyl (C=O) groups is 1. The summed E-state index contributed by atoms with van der Waals surface area (Å²) in [6.45, 7) is 0.440. The first-order valence-corrected chi connectivity index (χ1v) is 6.03. The third-order valence-corrected chi connectivity index (χ3v) is 2.89. The van der Waals surface area contributed by atoms with Crippen molar-refractivity contribution < 1.29 is 19.1 Å². The van der Waals surface area contributed by atoms with E-state index in [-0.39, 0.29) is 6.42 Å². The topological polar surface area (TPSA) is 93.0 Å². The molecule has 0 atom stereocenters. The number of aryl methyl sites for hydroxylation is 1. The molecule has 0 saturated carbocycles. The van der Waals surface area contributed by atoms with E-state index in [0.717, 1.165) is 11.3 Å². The van der Waals surface area contributed by atoms with Gasteiger partial charge in [0.1, 0.15) is 6.42 Å². The van der Waals surface area contributed by atoms with Crippen molar-refractivity contribution in [2.75, 3.05) is 0 Å². The molecule has 1 N–H and O–H groups in total. The quantitative estimate of drug-likeness (QED) is 0.713. The average Bonchev–Trinajstić information content (AvgIpc) is 2.93. The van der Waals surface area contributed by atoms with Gasteiger partial charge in [-0.25, -0.2) is 14.2 Å².